The van der Waals surface area contributed by atoms with Gasteiger partial charge in [0.1, 0.15) is 0 Å². The summed E-state index contributed by atoms with van der Waals surface area (Å²) in [7, 11) is 0. The van der Waals surface area contributed by atoms with Gasteiger partial charge < -0.3 is 10.3 Å². The standard InChI is InChI=1S/C12H21N3O/c1-3-10-14-12(15-16-10)11(13)9-6-4-8(2)5-7-9/h8-9,11H,3-7,13H2,1-2H3. The van der Waals surface area contributed by atoms with Crippen molar-refractivity contribution in [1.82, 2.24) is 10.1 Å². The second-order valence-corrected chi connectivity index (χ2v) is 4.95. The molecule has 0 bridgehead atoms. The highest BCUT2D eigenvalue weighted by Gasteiger charge is 2.27. The molecule has 0 aliphatic heterocycles. The minimum atomic E-state index is -0.0449. The Hall–Kier alpha value is -0.900. The molecule has 1 saturated carbocycles. The van der Waals surface area contributed by atoms with Crippen molar-refractivity contribution in [2.45, 2.75) is 52.0 Å². The van der Waals surface area contributed by atoms with E-state index in [1.54, 1.807) is 0 Å². The number of rotatable bonds is 3. The van der Waals surface area contributed by atoms with Crippen LogP contribution in [0.15, 0.2) is 4.52 Å². The molecule has 0 aromatic carbocycles. The van der Waals surface area contributed by atoms with Gasteiger partial charge in [-0.25, -0.2) is 0 Å². The van der Waals surface area contributed by atoms with Crippen LogP contribution in [0, 0.1) is 11.8 Å². The Morgan fingerprint density at radius 3 is 2.62 bits per heavy atom. The molecule has 1 atom stereocenters. The summed E-state index contributed by atoms with van der Waals surface area (Å²) in [6, 6.07) is -0.0449. The molecular weight excluding hydrogens is 202 g/mol. The number of hydrogen-bond acceptors (Lipinski definition) is 4. The molecule has 1 aliphatic carbocycles. The van der Waals surface area contributed by atoms with E-state index in [-0.39, 0.29) is 6.04 Å². The Morgan fingerprint density at radius 2 is 2.06 bits per heavy atom. The molecule has 0 amide bonds. The average Bonchev–Trinajstić information content (AvgIpc) is 2.77. The summed E-state index contributed by atoms with van der Waals surface area (Å²) >= 11 is 0. The second kappa shape index (κ2) is 4.95. The molecule has 1 heterocycles. The van der Waals surface area contributed by atoms with Gasteiger partial charge in [-0.05, 0) is 24.7 Å². The van der Waals surface area contributed by atoms with Crippen molar-refractivity contribution in [1.29, 1.82) is 0 Å². The van der Waals surface area contributed by atoms with E-state index in [0.717, 1.165) is 12.3 Å². The molecule has 4 nitrogen and oxygen atoms in total. The van der Waals surface area contributed by atoms with Crippen LogP contribution in [0.2, 0.25) is 0 Å². The highest BCUT2D eigenvalue weighted by Crippen LogP contribution is 2.34. The highest BCUT2D eigenvalue weighted by molar-refractivity contribution is 4.96. The molecule has 1 aromatic heterocycles. The van der Waals surface area contributed by atoms with Gasteiger partial charge in [-0.2, -0.15) is 4.98 Å². The fraction of sp³-hybridized carbons (Fsp3) is 0.833. The Morgan fingerprint density at radius 1 is 1.38 bits per heavy atom. The minimum Gasteiger partial charge on any atom is -0.339 e. The molecule has 0 radical (unpaired) electrons. The van der Waals surface area contributed by atoms with Crippen LogP contribution in [-0.4, -0.2) is 10.1 Å². The van der Waals surface area contributed by atoms with Crippen LogP contribution in [0.4, 0.5) is 0 Å². The van der Waals surface area contributed by atoms with Gasteiger partial charge in [0.15, 0.2) is 5.82 Å². The first-order valence-corrected chi connectivity index (χ1v) is 6.28. The number of aryl methyl sites for hydroxylation is 1. The normalized spacial score (nSPS) is 27.9. The van der Waals surface area contributed by atoms with E-state index >= 15 is 0 Å². The molecule has 4 heteroatoms. The van der Waals surface area contributed by atoms with Gasteiger partial charge in [-0.3, -0.25) is 0 Å². The smallest absolute Gasteiger partial charge is 0.226 e. The predicted molar refractivity (Wildman–Crippen MR) is 61.7 cm³/mol. The average molecular weight is 223 g/mol. The molecule has 1 aliphatic rings. The maximum Gasteiger partial charge on any atom is 0.226 e. The van der Waals surface area contributed by atoms with E-state index in [0.29, 0.717) is 17.6 Å². The number of nitrogens with two attached hydrogens (primary N) is 1. The van der Waals surface area contributed by atoms with E-state index in [2.05, 4.69) is 17.1 Å². The van der Waals surface area contributed by atoms with E-state index in [9.17, 15) is 0 Å². The van der Waals surface area contributed by atoms with Crippen LogP contribution in [0.25, 0.3) is 0 Å². The molecule has 0 spiro atoms. The van der Waals surface area contributed by atoms with Crippen LogP contribution in [0.1, 0.15) is 57.3 Å². The molecule has 2 rings (SSSR count). The van der Waals surface area contributed by atoms with Crippen molar-refractivity contribution in [3.63, 3.8) is 0 Å². The van der Waals surface area contributed by atoms with E-state index < -0.39 is 0 Å². The largest absolute Gasteiger partial charge is 0.339 e. The van der Waals surface area contributed by atoms with Gasteiger partial charge in [0.2, 0.25) is 5.89 Å². The molecule has 1 fully saturated rings. The van der Waals surface area contributed by atoms with Gasteiger partial charge in [0.05, 0.1) is 6.04 Å². The molecular formula is C12H21N3O. The van der Waals surface area contributed by atoms with Crippen LogP contribution in [-0.2, 0) is 6.42 Å². The van der Waals surface area contributed by atoms with Crippen LogP contribution < -0.4 is 5.73 Å². The lowest BCUT2D eigenvalue weighted by Gasteiger charge is -2.28. The maximum absolute atomic E-state index is 6.20. The summed E-state index contributed by atoms with van der Waals surface area (Å²) in [5.74, 6) is 2.75. The minimum absolute atomic E-state index is 0.0449. The van der Waals surface area contributed by atoms with Gasteiger partial charge in [-0.15, -0.1) is 0 Å². The van der Waals surface area contributed by atoms with Crippen molar-refractivity contribution >= 4 is 0 Å². The Labute approximate surface area is 96.6 Å². The first-order valence-electron chi connectivity index (χ1n) is 6.28. The lowest BCUT2D eigenvalue weighted by molar-refractivity contribution is 0.247. The molecule has 16 heavy (non-hydrogen) atoms. The second-order valence-electron chi connectivity index (χ2n) is 4.95. The summed E-state index contributed by atoms with van der Waals surface area (Å²) in [4.78, 5) is 4.32. The fourth-order valence-corrected chi connectivity index (χ4v) is 2.40. The fourth-order valence-electron chi connectivity index (χ4n) is 2.40. The van der Waals surface area contributed by atoms with Gasteiger partial charge in [0, 0.05) is 6.42 Å². The van der Waals surface area contributed by atoms with Crippen molar-refractivity contribution < 1.29 is 4.52 Å². The summed E-state index contributed by atoms with van der Waals surface area (Å²) in [5, 5.41) is 3.97. The van der Waals surface area contributed by atoms with Crippen molar-refractivity contribution in [2.24, 2.45) is 17.6 Å². The zero-order chi connectivity index (χ0) is 11.5. The monoisotopic (exact) mass is 223 g/mol. The number of hydrogen-bond donors (Lipinski definition) is 1. The van der Waals surface area contributed by atoms with E-state index in [1.165, 1.54) is 25.7 Å². The summed E-state index contributed by atoms with van der Waals surface area (Å²) < 4.78 is 5.11. The molecule has 2 N–H and O–H groups in total. The topological polar surface area (TPSA) is 64.9 Å². The van der Waals surface area contributed by atoms with Crippen LogP contribution in [0.3, 0.4) is 0 Å². The lowest BCUT2D eigenvalue weighted by Crippen LogP contribution is -2.26. The zero-order valence-electron chi connectivity index (χ0n) is 10.1. The van der Waals surface area contributed by atoms with Crippen LogP contribution in [0.5, 0.6) is 0 Å². The molecule has 1 unspecified atom stereocenters. The Kier molecular flexibility index (Phi) is 3.59. The Balaban J connectivity index is 1.98. The van der Waals surface area contributed by atoms with Gasteiger partial charge in [0.25, 0.3) is 0 Å². The highest BCUT2D eigenvalue weighted by atomic mass is 16.5. The number of nitrogens with zero attached hydrogens (tertiary/aromatic N) is 2. The summed E-state index contributed by atoms with van der Waals surface area (Å²) in [6.45, 7) is 4.32. The Bertz CT molecular complexity index is 329. The van der Waals surface area contributed by atoms with Crippen molar-refractivity contribution in [3.8, 4) is 0 Å². The van der Waals surface area contributed by atoms with E-state index in [1.807, 2.05) is 6.92 Å². The first kappa shape index (κ1) is 11.6. The third-order valence-corrected chi connectivity index (χ3v) is 3.65. The molecule has 0 saturated heterocycles. The number of aromatic nitrogens is 2. The third kappa shape index (κ3) is 2.43. The predicted octanol–water partition coefficient (Wildman–Crippen LogP) is 2.46. The molecule has 1 aromatic rings. The lowest BCUT2D eigenvalue weighted by atomic mass is 9.79. The van der Waals surface area contributed by atoms with E-state index in [4.69, 9.17) is 10.3 Å². The first-order chi connectivity index (χ1) is 7.70. The summed E-state index contributed by atoms with van der Waals surface area (Å²) in [5.41, 5.74) is 6.20. The quantitative estimate of drug-likeness (QED) is 0.854. The zero-order valence-corrected chi connectivity index (χ0v) is 10.1. The van der Waals surface area contributed by atoms with Gasteiger partial charge >= 0.3 is 0 Å². The van der Waals surface area contributed by atoms with Crippen LogP contribution >= 0.6 is 0 Å². The third-order valence-electron chi connectivity index (χ3n) is 3.65. The summed E-state index contributed by atoms with van der Waals surface area (Å²) in [6.07, 6.45) is 5.71. The SMILES string of the molecule is CCc1nc(C(N)C2CCC(C)CC2)no1. The maximum atomic E-state index is 6.20. The van der Waals surface area contributed by atoms with Crippen molar-refractivity contribution in [2.75, 3.05) is 0 Å². The molecule has 90 valence electrons. The van der Waals surface area contributed by atoms with Crippen molar-refractivity contribution in [3.05, 3.63) is 11.7 Å². The van der Waals surface area contributed by atoms with Gasteiger partial charge in [-0.1, -0.05) is 31.8 Å².